The fourth-order valence-corrected chi connectivity index (χ4v) is 3.93. The molecule has 1 aliphatic heterocycles. The first-order valence-corrected chi connectivity index (χ1v) is 7.78. The Morgan fingerprint density at radius 1 is 1.24 bits per heavy atom. The number of carbonyl (C=O) groups excluding carboxylic acids is 1. The first kappa shape index (κ1) is 14.4. The lowest BCUT2D eigenvalue weighted by molar-refractivity contribution is 0.0551. The minimum atomic E-state index is -0.346. The molecule has 1 aromatic heterocycles. The summed E-state index contributed by atoms with van der Waals surface area (Å²) in [6.07, 6.45) is 0.784. The summed E-state index contributed by atoms with van der Waals surface area (Å²) in [4.78, 5) is 14.6. The number of benzene rings is 1. The SMILES string of the molecule is O=C(c1sc2cc(O)c(O)cc2c1Cl)N1CCC(O)CC1. The molecule has 112 valence electrons. The van der Waals surface area contributed by atoms with E-state index in [1.807, 2.05) is 0 Å². The number of likely N-dealkylation sites (tertiary alicyclic amines) is 1. The van der Waals surface area contributed by atoms with Gasteiger partial charge in [-0.05, 0) is 18.9 Å². The molecule has 5 nitrogen and oxygen atoms in total. The predicted octanol–water partition coefficient (Wildman–Crippen LogP) is 2.56. The standard InChI is InChI=1S/C14H14ClNO4S/c15-12-8-5-9(18)10(19)6-11(8)21-13(12)14(20)16-3-1-7(17)2-4-16/h5-7,17-19H,1-4H2. The molecule has 2 aromatic rings. The first-order chi connectivity index (χ1) is 9.97. The van der Waals surface area contributed by atoms with Gasteiger partial charge in [0.2, 0.25) is 0 Å². The highest BCUT2D eigenvalue weighted by Crippen LogP contribution is 2.41. The Kier molecular flexibility index (Phi) is 3.69. The molecule has 0 spiro atoms. The molecule has 2 heterocycles. The third-order valence-corrected chi connectivity index (χ3v) is 5.32. The Morgan fingerprint density at radius 2 is 1.86 bits per heavy atom. The third kappa shape index (κ3) is 2.54. The number of carbonyl (C=O) groups is 1. The summed E-state index contributed by atoms with van der Waals surface area (Å²) in [5.74, 6) is -0.671. The Bertz CT molecular complexity index is 707. The van der Waals surface area contributed by atoms with E-state index in [0.717, 1.165) is 0 Å². The van der Waals surface area contributed by atoms with Gasteiger partial charge in [0.25, 0.3) is 5.91 Å². The minimum Gasteiger partial charge on any atom is -0.504 e. The van der Waals surface area contributed by atoms with E-state index in [-0.39, 0.29) is 23.5 Å². The van der Waals surface area contributed by atoms with E-state index in [0.29, 0.717) is 45.9 Å². The molecule has 21 heavy (non-hydrogen) atoms. The second-order valence-corrected chi connectivity index (χ2v) is 6.54. The number of hydrogen-bond donors (Lipinski definition) is 3. The highest BCUT2D eigenvalue weighted by molar-refractivity contribution is 7.21. The number of aromatic hydroxyl groups is 2. The average Bonchev–Trinajstić information content (AvgIpc) is 2.77. The van der Waals surface area contributed by atoms with Crippen LogP contribution in [-0.4, -0.2) is 45.3 Å². The van der Waals surface area contributed by atoms with Crippen LogP contribution in [0.3, 0.4) is 0 Å². The number of thiophene rings is 1. The van der Waals surface area contributed by atoms with Crippen molar-refractivity contribution < 1.29 is 20.1 Å². The number of fused-ring (bicyclic) bond motifs is 1. The maximum atomic E-state index is 12.5. The van der Waals surface area contributed by atoms with Gasteiger partial charge in [0.1, 0.15) is 4.88 Å². The molecule has 1 aromatic carbocycles. The van der Waals surface area contributed by atoms with Crippen molar-refractivity contribution >= 4 is 38.9 Å². The van der Waals surface area contributed by atoms with Gasteiger partial charge in [-0.25, -0.2) is 0 Å². The van der Waals surface area contributed by atoms with Gasteiger partial charge in [0.05, 0.1) is 11.1 Å². The smallest absolute Gasteiger partial charge is 0.265 e. The molecule has 0 bridgehead atoms. The van der Waals surface area contributed by atoms with Crippen molar-refractivity contribution in [2.45, 2.75) is 18.9 Å². The number of aliphatic hydroxyl groups excluding tert-OH is 1. The molecule has 1 fully saturated rings. The summed E-state index contributed by atoms with van der Waals surface area (Å²) in [6, 6.07) is 2.76. The van der Waals surface area contributed by atoms with Gasteiger partial charge in [-0.2, -0.15) is 0 Å². The maximum absolute atomic E-state index is 12.5. The second-order valence-electron chi connectivity index (χ2n) is 5.11. The molecule has 1 aliphatic rings. The molecule has 1 saturated heterocycles. The molecule has 0 aliphatic carbocycles. The third-order valence-electron chi connectivity index (χ3n) is 3.67. The molecule has 0 radical (unpaired) electrons. The van der Waals surface area contributed by atoms with Crippen LogP contribution in [0.4, 0.5) is 0 Å². The Hall–Kier alpha value is -1.50. The molecule has 3 rings (SSSR count). The lowest BCUT2D eigenvalue weighted by Crippen LogP contribution is -2.39. The van der Waals surface area contributed by atoms with E-state index in [1.54, 1.807) is 4.90 Å². The Labute approximate surface area is 130 Å². The van der Waals surface area contributed by atoms with E-state index in [4.69, 9.17) is 11.6 Å². The monoisotopic (exact) mass is 327 g/mol. The van der Waals surface area contributed by atoms with Crippen molar-refractivity contribution in [1.29, 1.82) is 0 Å². The van der Waals surface area contributed by atoms with E-state index in [2.05, 4.69) is 0 Å². The van der Waals surface area contributed by atoms with Crippen LogP contribution in [0.5, 0.6) is 11.5 Å². The first-order valence-electron chi connectivity index (χ1n) is 6.58. The molecule has 0 atom stereocenters. The summed E-state index contributed by atoms with van der Waals surface area (Å²) in [7, 11) is 0. The van der Waals surface area contributed by atoms with Crippen molar-refractivity contribution in [2.24, 2.45) is 0 Å². The fourth-order valence-electron chi connectivity index (χ4n) is 2.44. The number of nitrogens with zero attached hydrogens (tertiary/aromatic N) is 1. The van der Waals surface area contributed by atoms with E-state index < -0.39 is 0 Å². The van der Waals surface area contributed by atoms with Crippen LogP contribution in [0.15, 0.2) is 12.1 Å². The predicted molar refractivity (Wildman–Crippen MR) is 81.3 cm³/mol. The highest BCUT2D eigenvalue weighted by Gasteiger charge is 2.26. The van der Waals surface area contributed by atoms with Gasteiger partial charge in [-0.1, -0.05) is 11.6 Å². The molecule has 0 unspecified atom stereocenters. The van der Waals surface area contributed by atoms with Crippen molar-refractivity contribution in [2.75, 3.05) is 13.1 Å². The number of piperidine rings is 1. The van der Waals surface area contributed by atoms with Crippen LogP contribution in [0.25, 0.3) is 10.1 Å². The maximum Gasteiger partial charge on any atom is 0.265 e. The number of phenols is 2. The summed E-state index contributed by atoms with van der Waals surface area (Å²) in [6.45, 7) is 1.00. The van der Waals surface area contributed by atoms with Gasteiger partial charge < -0.3 is 20.2 Å². The quantitative estimate of drug-likeness (QED) is 0.703. The summed E-state index contributed by atoms with van der Waals surface area (Å²) < 4.78 is 0.649. The Balaban J connectivity index is 1.97. The van der Waals surface area contributed by atoms with Gasteiger partial charge in [0.15, 0.2) is 11.5 Å². The van der Waals surface area contributed by atoms with Crippen molar-refractivity contribution in [1.82, 2.24) is 4.90 Å². The van der Waals surface area contributed by atoms with Crippen LogP contribution in [0.2, 0.25) is 5.02 Å². The zero-order valence-corrected chi connectivity index (χ0v) is 12.6. The lowest BCUT2D eigenvalue weighted by atomic mass is 10.1. The fraction of sp³-hybridized carbons (Fsp3) is 0.357. The second kappa shape index (κ2) is 5.36. The van der Waals surface area contributed by atoms with Crippen LogP contribution in [0.1, 0.15) is 22.5 Å². The van der Waals surface area contributed by atoms with E-state index >= 15 is 0 Å². The molecule has 3 N–H and O–H groups in total. The highest BCUT2D eigenvalue weighted by atomic mass is 35.5. The van der Waals surface area contributed by atoms with E-state index in [1.165, 1.54) is 23.5 Å². The molecule has 7 heteroatoms. The number of aliphatic hydroxyl groups is 1. The van der Waals surface area contributed by atoms with Gasteiger partial charge in [-0.15, -0.1) is 11.3 Å². The summed E-state index contributed by atoms with van der Waals surface area (Å²) in [5.41, 5.74) is 0. The molecular weight excluding hydrogens is 314 g/mol. The van der Waals surface area contributed by atoms with E-state index in [9.17, 15) is 20.1 Å². The molecule has 0 saturated carbocycles. The van der Waals surface area contributed by atoms with Crippen LogP contribution < -0.4 is 0 Å². The zero-order valence-electron chi connectivity index (χ0n) is 11.0. The topological polar surface area (TPSA) is 81.0 Å². The minimum absolute atomic E-state index is 0.174. The lowest BCUT2D eigenvalue weighted by Gasteiger charge is -2.29. The normalized spacial score (nSPS) is 16.6. The number of amides is 1. The van der Waals surface area contributed by atoms with Crippen LogP contribution in [0, 0.1) is 0 Å². The van der Waals surface area contributed by atoms with Gasteiger partial charge >= 0.3 is 0 Å². The van der Waals surface area contributed by atoms with Gasteiger partial charge in [0, 0.05) is 29.2 Å². The number of rotatable bonds is 1. The summed E-state index contributed by atoms with van der Waals surface area (Å²) in [5, 5.41) is 29.4. The largest absolute Gasteiger partial charge is 0.504 e. The number of phenolic OH excluding ortho intramolecular Hbond substituents is 2. The van der Waals surface area contributed by atoms with Crippen LogP contribution >= 0.6 is 22.9 Å². The molecular formula is C14H14ClNO4S. The summed E-state index contributed by atoms with van der Waals surface area (Å²) >= 11 is 7.44. The Morgan fingerprint density at radius 3 is 2.52 bits per heavy atom. The zero-order chi connectivity index (χ0) is 15.1. The van der Waals surface area contributed by atoms with Crippen LogP contribution in [-0.2, 0) is 0 Å². The van der Waals surface area contributed by atoms with Crippen molar-refractivity contribution in [3.05, 3.63) is 22.0 Å². The number of hydrogen-bond acceptors (Lipinski definition) is 5. The van der Waals surface area contributed by atoms with Crippen molar-refractivity contribution in [3.8, 4) is 11.5 Å². The van der Waals surface area contributed by atoms with Gasteiger partial charge in [-0.3, -0.25) is 4.79 Å². The molecule has 1 amide bonds. The van der Waals surface area contributed by atoms with Crippen molar-refractivity contribution in [3.63, 3.8) is 0 Å². The number of halogens is 1. The average molecular weight is 328 g/mol.